The van der Waals surface area contributed by atoms with Gasteiger partial charge in [0.05, 0.1) is 12.8 Å². The molecule has 1 aromatic carbocycles. The lowest BCUT2D eigenvalue weighted by molar-refractivity contribution is 0.235. The number of rotatable bonds is 10. The average Bonchev–Trinajstić information content (AvgIpc) is 3.12. The van der Waals surface area contributed by atoms with Crippen molar-refractivity contribution >= 4 is 11.7 Å². The summed E-state index contributed by atoms with van der Waals surface area (Å²) in [6.45, 7) is 6.98. The number of carbonyl (C=O) groups is 1. The summed E-state index contributed by atoms with van der Waals surface area (Å²) in [7, 11) is 1.71. The van der Waals surface area contributed by atoms with E-state index in [1.807, 2.05) is 18.2 Å². The predicted molar refractivity (Wildman–Crippen MR) is 108 cm³/mol. The Morgan fingerprint density at radius 2 is 2.12 bits per heavy atom. The lowest BCUT2D eigenvalue weighted by Gasteiger charge is -2.21. The van der Waals surface area contributed by atoms with Crippen LogP contribution in [0.25, 0.3) is 0 Å². The molecule has 5 nitrogen and oxygen atoms in total. The number of methoxy groups -OCH3 is 1. The number of urea groups is 1. The Morgan fingerprint density at radius 3 is 2.88 bits per heavy atom. The van der Waals surface area contributed by atoms with Gasteiger partial charge in [0.2, 0.25) is 0 Å². The minimum absolute atomic E-state index is 0.0382. The third-order valence-electron chi connectivity index (χ3n) is 5.13. The fourth-order valence-corrected chi connectivity index (χ4v) is 3.57. The first-order valence-corrected chi connectivity index (χ1v) is 10.1. The maximum Gasteiger partial charge on any atom is 0.315 e. The zero-order valence-electron chi connectivity index (χ0n) is 16.6. The zero-order chi connectivity index (χ0) is 18.8. The normalized spacial score (nSPS) is 17.8. The van der Waals surface area contributed by atoms with E-state index in [0.717, 1.165) is 43.9 Å². The van der Waals surface area contributed by atoms with E-state index in [9.17, 15) is 4.79 Å². The van der Waals surface area contributed by atoms with Gasteiger partial charge in [-0.15, -0.1) is 0 Å². The molecule has 1 heterocycles. The van der Waals surface area contributed by atoms with Crippen molar-refractivity contribution in [3.8, 4) is 5.75 Å². The summed E-state index contributed by atoms with van der Waals surface area (Å²) < 4.78 is 5.46. The summed E-state index contributed by atoms with van der Waals surface area (Å²) in [6.07, 6.45) is 7.11. The summed E-state index contributed by atoms with van der Waals surface area (Å²) in [5, 5.41) is 6.11. The summed E-state index contributed by atoms with van der Waals surface area (Å²) in [6, 6.07) is 8.33. The van der Waals surface area contributed by atoms with Gasteiger partial charge in [0.1, 0.15) is 5.75 Å². The van der Waals surface area contributed by atoms with Gasteiger partial charge in [0, 0.05) is 25.7 Å². The Kier molecular flexibility index (Phi) is 8.59. The van der Waals surface area contributed by atoms with Gasteiger partial charge in [0.25, 0.3) is 0 Å². The lowest BCUT2D eigenvalue weighted by Crippen LogP contribution is -2.42. The number of nitrogens with zero attached hydrogens (tertiary/aromatic N) is 1. The van der Waals surface area contributed by atoms with E-state index in [0.29, 0.717) is 5.92 Å². The molecule has 0 radical (unpaired) electrons. The van der Waals surface area contributed by atoms with Crippen LogP contribution >= 0.6 is 0 Å². The van der Waals surface area contributed by atoms with Gasteiger partial charge in [-0.05, 0) is 37.8 Å². The molecule has 0 aromatic heterocycles. The lowest BCUT2D eigenvalue weighted by atomic mass is 10.1. The third kappa shape index (κ3) is 6.43. The summed E-state index contributed by atoms with van der Waals surface area (Å²) >= 11 is 0. The van der Waals surface area contributed by atoms with Crippen LogP contribution in [0.4, 0.5) is 10.5 Å². The van der Waals surface area contributed by atoms with Gasteiger partial charge in [-0.1, -0.05) is 44.7 Å². The highest BCUT2D eigenvalue weighted by atomic mass is 16.5. The van der Waals surface area contributed by atoms with Gasteiger partial charge in [-0.25, -0.2) is 4.79 Å². The number of carbonyl (C=O) groups excluding carboxylic acids is 1. The number of benzene rings is 1. The Hall–Kier alpha value is -1.91. The molecule has 0 aliphatic carbocycles. The molecule has 0 bridgehead atoms. The second-order valence-corrected chi connectivity index (χ2v) is 7.38. The molecular weight excluding hydrogens is 326 g/mol. The standard InChI is InChI=1S/C21H35N3O2/c1-4-5-6-7-10-17(2)23-21(25)22-15-18-13-14-24(16-18)19-11-8-9-12-20(19)26-3/h8-9,11-12,17-18H,4-7,10,13-16H2,1-3H3,(H2,22,23,25). The van der Waals surface area contributed by atoms with Crippen LogP contribution in [0.1, 0.15) is 52.4 Å². The van der Waals surface area contributed by atoms with Crippen molar-refractivity contribution in [1.29, 1.82) is 0 Å². The van der Waals surface area contributed by atoms with Crippen molar-refractivity contribution in [2.24, 2.45) is 5.92 Å². The highest BCUT2D eigenvalue weighted by Gasteiger charge is 2.24. The number of anilines is 1. The molecule has 0 saturated carbocycles. The minimum atomic E-state index is -0.0382. The van der Waals surface area contributed by atoms with Crippen LogP contribution < -0.4 is 20.3 Å². The second kappa shape index (κ2) is 10.9. The van der Waals surface area contributed by atoms with Crippen molar-refractivity contribution in [3.63, 3.8) is 0 Å². The van der Waals surface area contributed by atoms with Crippen molar-refractivity contribution in [2.45, 2.75) is 58.4 Å². The van der Waals surface area contributed by atoms with Gasteiger partial charge in [0.15, 0.2) is 0 Å². The first-order chi connectivity index (χ1) is 12.6. The van der Waals surface area contributed by atoms with Crippen molar-refractivity contribution in [1.82, 2.24) is 10.6 Å². The Labute approximate surface area is 158 Å². The fourth-order valence-electron chi connectivity index (χ4n) is 3.57. The topological polar surface area (TPSA) is 53.6 Å². The molecule has 2 rings (SSSR count). The zero-order valence-corrected chi connectivity index (χ0v) is 16.6. The summed E-state index contributed by atoms with van der Waals surface area (Å²) in [5.41, 5.74) is 1.14. The summed E-state index contributed by atoms with van der Waals surface area (Å²) in [5.74, 6) is 1.39. The fraction of sp³-hybridized carbons (Fsp3) is 0.667. The maximum absolute atomic E-state index is 12.1. The molecule has 1 fully saturated rings. The second-order valence-electron chi connectivity index (χ2n) is 7.38. The molecule has 2 amide bonds. The quantitative estimate of drug-likeness (QED) is 0.615. The van der Waals surface area contributed by atoms with E-state index in [-0.39, 0.29) is 12.1 Å². The number of hydrogen-bond acceptors (Lipinski definition) is 3. The highest BCUT2D eigenvalue weighted by molar-refractivity contribution is 5.74. The van der Waals surface area contributed by atoms with E-state index >= 15 is 0 Å². The number of amides is 2. The SMILES string of the molecule is CCCCCCC(C)NC(=O)NCC1CCN(c2ccccc2OC)C1. The van der Waals surface area contributed by atoms with E-state index in [1.165, 1.54) is 25.7 Å². The predicted octanol–water partition coefficient (Wildman–Crippen LogP) is 4.18. The van der Waals surface area contributed by atoms with Crippen molar-refractivity contribution in [3.05, 3.63) is 24.3 Å². The number of nitrogens with one attached hydrogen (secondary N) is 2. The van der Waals surface area contributed by atoms with Crippen molar-refractivity contribution < 1.29 is 9.53 Å². The molecule has 1 saturated heterocycles. The Bertz CT molecular complexity index is 550. The number of unbranched alkanes of at least 4 members (excludes halogenated alkanes) is 3. The van der Waals surface area contributed by atoms with E-state index in [2.05, 4.69) is 35.4 Å². The molecule has 1 aliphatic heterocycles. The van der Waals surface area contributed by atoms with Gasteiger partial charge in [-0.3, -0.25) is 0 Å². The Balaban J connectivity index is 1.68. The van der Waals surface area contributed by atoms with E-state index in [1.54, 1.807) is 7.11 Å². The van der Waals surface area contributed by atoms with Crippen LogP contribution in [0, 0.1) is 5.92 Å². The van der Waals surface area contributed by atoms with Crippen LogP contribution in [-0.2, 0) is 0 Å². The van der Waals surface area contributed by atoms with Gasteiger partial charge < -0.3 is 20.3 Å². The number of hydrogen-bond donors (Lipinski definition) is 2. The van der Waals surface area contributed by atoms with Gasteiger partial charge in [-0.2, -0.15) is 0 Å². The first-order valence-electron chi connectivity index (χ1n) is 10.1. The molecule has 26 heavy (non-hydrogen) atoms. The maximum atomic E-state index is 12.1. The smallest absolute Gasteiger partial charge is 0.315 e. The largest absolute Gasteiger partial charge is 0.495 e. The van der Waals surface area contributed by atoms with E-state index < -0.39 is 0 Å². The van der Waals surface area contributed by atoms with Crippen LogP contribution in [-0.4, -0.2) is 38.8 Å². The molecule has 5 heteroatoms. The first kappa shape index (κ1) is 20.4. The number of para-hydroxylation sites is 2. The van der Waals surface area contributed by atoms with Crippen LogP contribution in [0.3, 0.4) is 0 Å². The average molecular weight is 362 g/mol. The van der Waals surface area contributed by atoms with Crippen LogP contribution in [0.5, 0.6) is 5.75 Å². The van der Waals surface area contributed by atoms with Crippen LogP contribution in [0.2, 0.25) is 0 Å². The molecule has 1 aromatic rings. The molecule has 2 unspecified atom stereocenters. The van der Waals surface area contributed by atoms with Crippen LogP contribution in [0.15, 0.2) is 24.3 Å². The molecular formula is C21H35N3O2. The highest BCUT2D eigenvalue weighted by Crippen LogP contribution is 2.31. The summed E-state index contributed by atoms with van der Waals surface area (Å²) in [4.78, 5) is 14.4. The molecule has 1 aliphatic rings. The molecule has 2 atom stereocenters. The van der Waals surface area contributed by atoms with Crippen molar-refractivity contribution in [2.75, 3.05) is 31.6 Å². The monoisotopic (exact) mass is 361 g/mol. The van der Waals surface area contributed by atoms with Gasteiger partial charge >= 0.3 is 6.03 Å². The molecule has 2 N–H and O–H groups in total. The minimum Gasteiger partial charge on any atom is -0.495 e. The Morgan fingerprint density at radius 1 is 1.31 bits per heavy atom. The third-order valence-corrected chi connectivity index (χ3v) is 5.13. The molecule has 0 spiro atoms. The molecule has 146 valence electrons. The van der Waals surface area contributed by atoms with E-state index in [4.69, 9.17) is 4.74 Å². The number of ether oxygens (including phenoxy) is 1.